The lowest BCUT2D eigenvalue weighted by Gasteiger charge is -2.15. The molecule has 0 aliphatic rings. The topological polar surface area (TPSA) is 43.6 Å². The van der Waals surface area contributed by atoms with Crippen molar-refractivity contribution in [2.24, 2.45) is 0 Å². The van der Waals surface area contributed by atoms with Gasteiger partial charge in [0.2, 0.25) is 0 Å². The Hall–Kier alpha value is -7.17. The molecule has 3 heterocycles. The van der Waals surface area contributed by atoms with Crippen LogP contribution in [-0.4, -0.2) is 19.5 Å². The van der Waals surface area contributed by atoms with E-state index in [1.807, 2.05) is 30.5 Å². The van der Waals surface area contributed by atoms with Crippen LogP contribution in [0.2, 0.25) is 0 Å². The van der Waals surface area contributed by atoms with Crippen molar-refractivity contribution in [3.05, 3.63) is 194 Å². The molecule has 53 heavy (non-hydrogen) atoms. The summed E-state index contributed by atoms with van der Waals surface area (Å²) in [5.41, 5.74) is 12.8. The standard InChI is InChI=1S/C49H32N4/c1-3-13-33(14-4-1)49-51-45(36-16-11-15-34(29-36)37-17-12-28-50-32-37)31-46(52-49)42-27-26-39(40-20-7-8-21-41(40)42)35-24-25-44-43-22-9-10-23-47(43)53(48(44)30-35)38-18-5-2-6-19-38/h1-32H. The Morgan fingerprint density at radius 3 is 1.81 bits per heavy atom. The van der Waals surface area contributed by atoms with E-state index in [2.05, 4.69) is 167 Å². The number of para-hydroxylation sites is 2. The molecule has 10 rings (SSSR count). The van der Waals surface area contributed by atoms with Crippen molar-refractivity contribution in [3.8, 4) is 61.8 Å². The van der Waals surface area contributed by atoms with E-state index in [9.17, 15) is 0 Å². The van der Waals surface area contributed by atoms with Gasteiger partial charge in [0.25, 0.3) is 0 Å². The summed E-state index contributed by atoms with van der Waals surface area (Å²) in [4.78, 5) is 14.7. The lowest BCUT2D eigenvalue weighted by Crippen LogP contribution is -1.97. The highest BCUT2D eigenvalue weighted by molar-refractivity contribution is 6.12. The molecule has 10 aromatic rings. The van der Waals surface area contributed by atoms with Crippen LogP contribution in [0, 0.1) is 0 Å². The number of fused-ring (bicyclic) bond motifs is 4. The molecular weight excluding hydrogens is 645 g/mol. The van der Waals surface area contributed by atoms with Crippen LogP contribution in [0.3, 0.4) is 0 Å². The fraction of sp³-hybridized carbons (Fsp3) is 0. The number of hydrogen-bond donors (Lipinski definition) is 0. The Balaban J connectivity index is 1.15. The van der Waals surface area contributed by atoms with E-state index in [0.717, 1.165) is 50.3 Å². The summed E-state index contributed by atoms with van der Waals surface area (Å²) >= 11 is 0. The van der Waals surface area contributed by atoms with Crippen molar-refractivity contribution in [2.75, 3.05) is 0 Å². The maximum Gasteiger partial charge on any atom is 0.160 e. The normalized spacial score (nSPS) is 11.4. The molecule has 0 saturated carbocycles. The van der Waals surface area contributed by atoms with Crippen molar-refractivity contribution in [1.82, 2.24) is 19.5 Å². The van der Waals surface area contributed by atoms with Crippen molar-refractivity contribution < 1.29 is 0 Å². The smallest absolute Gasteiger partial charge is 0.160 e. The van der Waals surface area contributed by atoms with Gasteiger partial charge in [-0.15, -0.1) is 0 Å². The molecule has 0 spiro atoms. The quantitative estimate of drug-likeness (QED) is 0.176. The summed E-state index contributed by atoms with van der Waals surface area (Å²) in [6.45, 7) is 0. The van der Waals surface area contributed by atoms with Gasteiger partial charge >= 0.3 is 0 Å². The predicted octanol–water partition coefficient (Wildman–Crippen LogP) is 12.5. The molecular formula is C49H32N4. The van der Waals surface area contributed by atoms with Crippen LogP contribution in [0.1, 0.15) is 0 Å². The second-order valence-electron chi connectivity index (χ2n) is 13.3. The molecule has 0 atom stereocenters. The Morgan fingerprint density at radius 1 is 0.358 bits per heavy atom. The monoisotopic (exact) mass is 676 g/mol. The summed E-state index contributed by atoms with van der Waals surface area (Å²) in [6, 6.07) is 64.2. The SMILES string of the molecule is c1ccc(-c2nc(-c3cccc(-c4cccnc4)c3)cc(-c3ccc(-c4ccc5c6ccccc6n(-c6ccccc6)c5c4)c4ccccc34)n2)cc1. The van der Waals surface area contributed by atoms with Gasteiger partial charge in [0.1, 0.15) is 0 Å². The van der Waals surface area contributed by atoms with Crippen LogP contribution in [0.25, 0.3) is 94.4 Å². The molecule has 0 aliphatic heterocycles. The highest BCUT2D eigenvalue weighted by atomic mass is 15.0. The van der Waals surface area contributed by atoms with Crippen LogP contribution < -0.4 is 0 Å². The largest absolute Gasteiger partial charge is 0.309 e. The molecule has 0 aliphatic carbocycles. The zero-order chi connectivity index (χ0) is 35.1. The molecule has 7 aromatic carbocycles. The van der Waals surface area contributed by atoms with Crippen molar-refractivity contribution in [1.29, 1.82) is 0 Å². The number of nitrogens with zero attached hydrogens (tertiary/aromatic N) is 4. The Kier molecular flexibility index (Phi) is 7.43. The summed E-state index contributed by atoms with van der Waals surface area (Å²) < 4.78 is 2.38. The lowest BCUT2D eigenvalue weighted by molar-refractivity contribution is 1.18. The van der Waals surface area contributed by atoms with Gasteiger partial charge in [0.15, 0.2) is 5.82 Å². The predicted molar refractivity (Wildman–Crippen MR) is 219 cm³/mol. The highest BCUT2D eigenvalue weighted by Crippen LogP contribution is 2.40. The number of aromatic nitrogens is 4. The summed E-state index contributed by atoms with van der Waals surface area (Å²) in [7, 11) is 0. The van der Waals surface area contributed by atoms with Gasteiger partial charge in [-0.2, -0.15) is 0 Å². The van der Waals surface area contributed by atoms with Crippen LogP contribution in [-0.2, 0) is 0 Å². The third kappa shape index (κ3) is 5.45. The van der Waals surface area contributed by atoms with E-state index >= 15 is 0 Å². The zero-order valence-corrected chi connectivity index (χ0v) is 28.8. The third-order valence-electron chi connectivity index (χ3n) is 10.1. The van der Waals surface area contributed by atoms with Gasteiger partial charge in [-0.3, -0.25) is 4.98 Å². The lowest BCUT2D eigenvalue weighted by atomic mass is 9.93. The first kappa shape index (κ1) is 30.6. The molecule has 0 amide bonds. The van der Waals surface area contributed by atoms with Crippen LogP contribution in [0.4, 0.5) is 0 Å². The minimum Gasteiger partial charge on any atom is -0.309 e. The first-order valence-corrected chi connectivity index (χ1v) is 17.8. The number of benzene rings is 7. The van der Waals surface area contributed by atoms with E-state index in [1.165, 1.54) is 38.3 Å². The third-order valence-corrected chi connectivity index (χ3v) is 10.1. The summed E-state index contributed by atoms with van der Waals surface area (Å²) in [5.74, 6) is 0.692. The van der Waals surface area contributed by atoms with Crippen LogP contribution in [0.15, 0.2) is 194 Å². The molecule has 4 heteroatoms. The van der Waals surface area contributed by atoms with E-state index in [1.54, 1.807) is 6.20 Å². The van der Waals surface area contributed by atoms with Gasteiger partial charge in [-0.05, 0) is 69.9 Å². The minimum absolute atomic E-state index is 0.692. The molecule has 0 radical (unpaired) electrons. The van der Waals surface area contributed by atoms with Gasteiger partial charge in [0, 0.05) is 51.1 Å². The molecule has 4 nitrogen and oxygen atoms in total. The maximum absolute atomic E-state index is 5.22. The molecule has 3 aromatic heterocycles. The Morgan fingerprint density at radius 2 is 1.00 bits per heavy atom. The van der Waals surface area contributed by atoms with Crippen LogP contribution in [0.5, 0.6) is 0 Å². The number of hydrogen-bond acceptors (Lipinski definition) is 3. The maximum atomic E-state index is 5.22. The fourth-order valence-corrected chi connectivity index (χ4v) is 7.61. The van der Waals surface area contributed by atoms with E-state index in [0.29, 0.717) is 5.82 Å². The van der Waals surface area contributed by atoms with E-state index in [-0.39, 0.29) is 0 Å². The van der Waals surface area contributed by atoms with Gasteiger partial charge < -0.3 is 4.57 Å². The Bertz CT molecular complexity index is 2930. The Labute approximate surface area is 307 Å². The van der Waals surface area contributed by atoms with Gasteiger partial charge in [0.05, 0.1) is 22.4 Å². The number of rotatable bonds is 6. The fourth-order valence-electron chi connectivity index (χ4n) is 7.61. The highest BCUT2D eigenvalue weighted by Gasteiger charge is 2.17. The van der Waals surface area contributed by atoms with Crippen molar-refractivity contribution in [3.63, 3.8) is 0 Å². The second-order valence-corrected chi connectivity index (χ2v) is 13.3. The van der Waals surface area contributed by atoms with Crippen LogP contribution >= 0.6 is 0 Å². The average Bonchev–Trinajstić information content (AvgIpc) is 3.58. The van der Waals surface area contributed by atoms with Gasteiger partial charge in [-0.1, -0.05) is 140 Å². The first-order chi connectivity index (χ1) is 26.3. The molecule has 0 saturated heterocycles. The molecule has 0 bridgehead atoms. The van der Waals surface area contributed by atoms with E-state index in [4.69, 9.17) is 9.97 Å². The summed E-state index contributed by atoms with van der Waals surface area (Å²) in [5, 5.41) is 4.80. The average molecular weight is 677 g/mol. The molecule has 0 N–H and O–H groups in total. The van der Waals surface area contributed by atoms with Crippen molar-refractivity contribution >= 4 is 32.6 Å². The molecule has 0 fully saturated rings. The second kappa shape index (κ2) is 12.9. The van der Waals surface area contributed by atoms with E-state index < -0.39 is 0 Å². The molecule has 0 unspecified atom stereocenters. The van der Waals surface area contributed by atoms with Gasteiger partial charge in [-0.25, -0.2) is 9.97 Å². The van der Waals surface area contributed by atoms with Crippen molar-refractivity contribution in [2.45, 2.75) is 0 Å². The summed E-state index contributed by atoms with van der Waals surface area (Å²) in [6.07, 6.45) is 3.70. The first-order valence-electron chi connectivity index (χ1n) is 17.8. The number of pyridine rings is 1. The molecule has 248 valence electrons. The minimum atomic E-state index is 0.692. The zero-order valence-electron chi connectivity index (χ0n) is 28.8.